The van der Waals surface area contributed by atoms with Crippen LogP contribution in [0.2, 0.25) is 0 Å². The van der Waals surface area contributed by atoms with E-state index in [4.69, 9.17) is 0 Å². The molecular formula is C19H19N. The van der Waals surface area contributed by atoms with Crippen LogP contribution in [0.5, 0.6) is 0 Å². The highest BCUT2D eigenvalue weighted by atomic mass is 15.0. The number of hydrogen-bond donors (Lipinski definition) is 0. The van der Waals surface area contributed by atoms with Gasteiger partial charge in [-0.25, -0.2) is 0 Å². The molecule has 20 heavy (non-hydrogen) atoms. The van der Waals surface area contributed by atoms with Gasteiger partial charge in [0.15, 0.2) is 0 Å². The van der Waals surface area contributed by atoms with Crippen molar-refractivity contribution in [1.29, 1.82) is 0 Å². The lowest BCUT2D eigenvalue weighted by Gasteiger charge is -2.15. The zero-order chi connectivity index (χ0) is 13.9. The number of aromatic nitrogens is 1. The molecule has 0 aliphatic rings. The third-order valence-electron chi connectivity index (χ3n) is 3.74. The molecular weight excluding hydrogens is 242 g/mol. The average molecular weight is 261 g/mol. The minimum atomic E-state index is 0.966. The van der Waals surface area contributed by atoms with Crippen molar-refractivity contribution in [2.75, 3.05) is 0 Å². The summed E-state index contributed by atoms with van der Waals surface area (Å²) in [5, 5.41) is 0. The minimum Gasteiger partial charge on any atom is -0.318 e. The number of rotatable bonds is 3. The third-order valence-corrected chi connectivity index (χ3v) is 3.74. The quantitative estimate of drug-likeness (QED) is 0.645. The van der Waals surface area contributed by atoms with Crippen LogP contribution in [0, 0.1) is 13.8 Å². The molecule has 0 saturated carbocycles. The van der Waals surface area contributed by atoms with Gasteiger partial charge in [0, 0.05) is 17.1 Å². The van der Waals surface area contributed by atoms with Crippen molar-refractivity contribution in [2.24, 2.45) is 0 Å². The van der Waals surface area contributed by atoms with E-state index in [9.17, 15) is 0 Å². The van der Waals surface area contributed by atoms with Gasteiger partial charge >= 0.3 is 0 Å². The standard InChI is InChI=1S/C19H19N/c1-15-12-13-16(2)20(15)19-11-7-6-10-18(19)14-17-8-4-3-5-9-17/h3-13H,14H2,1-2H3. The van der Waals surface area contributed by atoms with Gasteiger partial charge in [0.05, 0.1) is 0 Å². The molecule has 1 nitrogen and oxygen atoms in total. The summed E-state index contributed by atoms with van der Waals surface area (Å²) in [5.41, 5.74) is 6.56. The lowest BCUT2D eigenvalue weighted by molar-refractivity contribution is 0.943. The first-order valence-corrected chi connectivity index (χ1v) is 7.03. The van der Waals surface area contributed by atoms with Crippen molar-refractivity contribution < 1.29 is 0 Å². The molecule has 1 aromatic heterocycles. The molecule has 0 radical (unpaired) electrons. The van der Waals surface area contributed by atoms with Gasteiger partial charge in [0.25, 0.3) is 0 Å². The molecule has 0 fully saturated rings. The van der Waals surface area contributed by atoms with E-state index < -0.39 is 0 Å². The van der Waals surface area contributed by atoms with Gasteiger partial charge in [-0.3, -0.25) is 0 Å². The average Bonchev–Trinajstić information content (AvgIpc) is 2.80. The van der Waals surface area contributed by atoms with Crippen LogP contribution in [0.3, 0.4) is 0 Å². The number of nitrogens with zero attached hydrogens (tertiary/aromatic N) is 1. The van der Waals surface area contributed by atoms with E-state index in [1.165, 1.54) is 28.2 Å². The SMILES string of the molecule is Cc1ccc(C)n1-c1ccccc1Cc1ccccc1. The first-order valence-electron chi connectivity index (χ1n) is 7.03. The largest absolute Gasteiger partial charge is 0.318 e. The van der Waals surface area contributed by atoms with Crippen molar-refractivity contribution in [1.82, 2.24) is 4.57 Å². The fourth-order valence-electron chi connectivity index (χ4n) is 2.74. The molecule has 0 aliphatic carbocycles. The molecule has 0 unspecified atom stereocenters. The third kappa shape index (κ3) is 2.39. The monoisotopic (exact) mass is 261 g/mol. The van der Waals surface area contributed by atoms with Crippen molar-refractivity contribution >= 4 is 0 Å². The summed E-state index contributed by atoms with van der Waals surface area (Å²) < 4.78 is 2.33. The Morgan fingerprint density at radius 3 is 2.00 bits per heavy atom. The van der Waals surface area contributed by atoms with E-state index in [1.807, 2.05) is 0 Å². The molecule has 3 aromatic rings. The second kappa shape index (κ2) is 5.38. The van der Waals surface area contributed by atoms with Crippen LogP contribution in [-0.4, -0.2) is 4.57 Å². The van der Waals surface area contributed by atoms with Crippen LogP contribution in [-0.2, 0) is 6.42 Å². The lowest BCUT2D eigenvalue weighted by atomic mass is 10.0. The van der Waals surface area contributed by atoms with E-state index in [0.717, 1.165) is 6.42 Å². The van der Waals surface area contributed by atoms with E-state index in [0.29, 0.717) is 0 Å². The van der Waals surface area contributed by atoms with Crippen LogP contribution in [0.25, 0.3) is 5.69 Å². The highest BCUT2D eigenvalue weighted by molar-refractivity contribution is 5.46. The van der Waals surface area contributed by atoms with Gasteiger partial charge in [0.1, 0.15) is 0 Å². The Balaban J connectivity index is 2.05. The maximum Gasteiger partial charge on any atom is 0.0490 e. The van der Waals surface area contributed by atoms with Crippen LogP contribution in [0.4, 0.5) is 0 Å². The summed E-state index contributed by atoms with van der Waals surface area (Å²) in [6.07, 6.45) is 0.966. The molecule has 0 aliphatic heterocycles. The molecule has 0 spiro atoms. The van der Waals surface area contributed by atoms with Gasteiger partial charge in [0.2, 0.25) is 0 Å². The highest BCUT2D eigenvalue weighted by Gasteiger charge is 2.08. The Kier molecular flexibility index (Phi) is 3.42. The Hall–Kier alpha value is -2.28. The predicted molar refractivity (Wildman–Crippen MR) is 84.5 cm³/mol. The molecule has 0 N–H and O–H groups in total. The molecule has 0 bridgehead atoms. The number of hydrogen-bond acceptors (Lipinski definition) is 0. The second-order valence-corrected chi connectivity index (χ2v) is 5.24. The normalized spacial score (nSPS) is 10.7. The van der Waals surface area contributed by atoms with Crippen LogP contribution < -0.4 is 0 Å². The number of para-hydroxylation sites is 1. The Bertz CT molecular complexity index is 688. The van der Waals surface area contributed by atoms with Crippen LogP contribution >= 0.6 is 0 Å². The van der Waals surface area contributed by atoms with Gasteiger partial charge in [-0.15, -0.1) is 0 Å². The first-order chi connectivity index (χ1) is 9.75. The minimum absolute atomic E-state index is 0.966. The Morgan fingerprint density at radius 1 is 0.700 bits per heavy atom. The maximum atomic E-state index is 2.33. The fourth-order valence-corrected chi connectivity index (χ4v) is 2.74. The van der Waals surface area contributed by atoms with Crippen molar-refractivity contribution in [3.8, 4) is 5.69 Å². The predicted octanol–water partition coefficient (Wildman–Crippen LogP) is 4.68. The Morgan fingerprint density at radius 2 is 1.30 bits per heavy atom. The molecule has 0 atom stereocenters. The summed E-state index contributed by atoms with van der Waals surface area (Å²) in [7, 11) is 0. The second-order valence-electron chi connectivity index (χ2n) is 5.24. The zero-order valence-electron chi connectivity index (χ0n) is 12.0. The van der Waals surface area contributed by atoms with Crippen molar-refractivity contribution in [3.05, 3.63) is 89.2 Å². The number of aryl methyl sites for hydroxylation is 2. The zero-order valence-corrected chi connectivity index (χ0v) is 12.0. The van der Waals surface area contributed by atoms with E-state index in [-0.39, 0.29) is 0 Å². The summed E-state index contributed by atoms with van der Waals surface area (Å²) in [6, 6.07) is 23.7. The summed E-state index contributed by atoms with van der Waals surface area (Å²) in [5.74, 6) is 0. The Labute approximate surface area is 120 Å². The molecule has 2 aromatic carbocycles. The summed E-state index contributed by atoms with van der Waals surface area (Å²) >= 11 is 0. The number of benzene rings is 2. The fraction of sp³-hybridized carbons (Fsp3) is 0.158. The highest BCUT2D eigenvalue weighted by Crippen LogP contribution is 2.22. The molecule has 1 heteroatoms. The van der Waals surface area contributed by atoms with Gasteiger partial charge in [-0.05, 0) is 49.6 Å². The molecule has 1 heterocycles. The maximum absolute atomic E-state index is 2.33. The van der Waals surface area contributed by atoms with Crippen LogP contribution in [0.1, 0.15) is 22.5 Å². The van der Waals surface area contributed by atoms with Gasteiger partial charge in [-0.1, -0.05) is 48.5 Å². The first kappa shape index (κ1) is 12.7. The summed E-state index contributed by atoms with van der Waals surface area (Å²) in [6.45, 7) is 4.32. The molecule has 100 valence electrons. The van der Waals surface area contributed by atoms with E-state index in [1.54, 1.807) is 0 Å². The molecule has 3 rings (SSSR count). The lowest BCUT2D eigenvalue weighted by Crippen LogP contribution is -2.03. The topological polar surface area (TPSA) is 4.93 Å². The molecule has 0 amide bonds. The van der Waals surface area contributed by atoms with Crippen molar-refractivity contribution in [2.45, 2.75) is 20.3 Å². The van der Waals surface area contributed by atoms with Gasteiger partial charge in [-0.2, -0.15) is 0 Å². The van der Waals surface area contributed by atoms with E-state index in [2.05, 4.69) is 85.1 Å². The molecule has 0 saturated heterocycles. The van der Waals surface area contributed by atoms with E-state index >= 15 is 0 Å². The van der Waals surface area contributed by atoms with Crippen LogP contribution in [0.15, 0.2) is 66.7 Å². The van der Waals surface area contributed by atoms with Gasteiger partial charge < -0.3 is 4.57 Å². The smallest absolute Gasteiger partial charge is 0.0490 e. The van der Waals surface area contributed by atoms with Crippen molar-refractivity contribution in [3.63, 3.8) is 0 Å². The summed E-state index contributed by atoms with van der Waals surface area (Å²) in [4.78, 5) is 0.